The monoisotopic (exact) mass is 348 g/mol. The van der Waals surface area contributed by atoms with Gasteiger partial charge in [0.15, 0.2) is 0 Å². The molecule has 3 rings (SSSR count). The minimum atomic E-state index is -0.536. The number of ether oxygens (including phenoxy) is 3. The van der Waals surface area contributed by atoms with Gasteiger partial charge < -0.3 is 14.2 Å². The average molecular weight is 348 g/mol. The molecule has 0 bridgehead atoms. The van der Waals surface area contributed by atoms with Gasteiger partial charge in [-0.05, 0) is 19.3 Å². The summed E-state index contributed by atoms with van der Waals surface area (Å²) in [5.74, 6) is -1.78. The molecule has 3 aliphatic rings. The van der Waals surface area contributed by atoms with E-state index in [0.717, 1.165) is 5.57 Å². The van der Waals surface area contributed by atoms with Gasteiger partial charge in [-0.1, -0.05) is 25.7 Å². The molecule has 1 saturated heterocycles. The Bertz CT molecular complexity index is 665. The second kappa shape index (κ2) is 6.00. The van der Waals surface area contributed by atoms with Gasteiger partial charge in [0.05, 0.1) is 5.92 Å². The van der Waals surface area contributed by atoms with Crippen LogP contribution in [0, 0.1) is 17.3 Å². The molecule has 0 aromatic rings. The molecule has 0 radical (unpaired) electrons. The zero-order valence-electron chi connectivity index (χ0n) is 14.9. The number of esters is 3. The highest BCUT2D eigenvalue weighted by atomic mass is 16.6. The van der Waals surface area contributed by atoms with E-state index < -0.39 is 29.6 Å². The molecule has 0 amide bonds. The van der Waals surface area contributed by atoms with E-state index in [0.29, 0.717) is 24.8 Å². The summed E-state index contributed by atoms with van der Waals surface area (Å²) in [6.07, 6.45) is 0.451. The number of hydrogen-bond acceptors (Lipinski definition) is 6. The summed E-state index contributed by atoms with van der Waals surface area (Å²) < 4.78 is 16.7. The zero-order valence-corrected chi connectivity index (χ0v) is 14.9. The molecule has 1 aliphatic heterocycles. The standard InChI is InChI=1S/C19H24O6/c1-9-6-7-14(24-12(4)21)19(5)8-13(23-11(3)20)15-10(2)18(22)25-17(15)16(9)19/h13-17H,1-2,6-8H2,3-5H3/t13-,14+,15+,16-,17-,19-/m0/s1. The second-order valence-corrected chi connectivity index (χ2v) is 7.55. The molecule has 2 aliphatic carbocycles. The van der Waals surface area contributed by atoms with Crippen LogP contribution in [0.25, 0.3) is 0 Å². The lowest BCUT2D eigenvalue weighted by Crippen LogP contribution is -2.58. The first kappa shape index (κ1) is 17.7. The Morgan fingerprint density at radius 1 is 1.20 bits per heavy atom. The van der Waals surface area contributed by atoms with E-state index in [1.807, 2.05) is 6.92 Å². The summed E-state index contributed by atoms with van der Waals surface area (Å²) in [4.78, 5) is 35.3. The quantitative estimate of drug-likeness (QED) is 0.330. The maximum absolute atomic E-state index is 12.1. The molecule has 0 aromatic heterocycles. The van der Waals surface area contributed by atoms with Gasteiger partial charge in [-0.2, -0.15) is 0 Å². The van der Waals surface area contributed by atoms with Crippen LogP contribution in [0.5, 0.6) is 0 Å². The van der Waals surface area contributed by atoms with Crippen LogP contribution in [0.15, 0.2) is 24.3 Å². The van der Waals surface area contributed by atoms with Crippen molar-refractivity contribution in [1.82, 2.24) is 0 Å². The lowest BCUT2D eigenvalue weighted by molar-refractivity contribution is -0.188. The van der Waals surface area contributed by atoms with Crippen LogP contribution in [0.1, 0.15) is 40.0 Å². The van der Waals surface area contributed by atoms with Crippen molar-refractivity contribution in [2.75, 3.05) is 0 Å². The molecule has 25 heavy (non-hydrogen) atoms. The van der Waals surface area contributed by atoms with Crippen molar-refractivity contribution < 1.29 is 28.6 Å². The van der Waals surface area contributed by atoms with Crippen molar-refractivity contribution in [3.8, 4) is 0 Å². The highest BCUT2D eigenvalue weighted by Crippen LogP contribution is 2.58. The highest BCUT2D eigenvalue weighted by molar-refractivity contribution is 5.91. The number of hydrogen-bond donors (Lipinski definition) is 0. The number of rotatable bonds is 2. The summed E-state index contributed by atoms with van der Waals surface area (Å²) in [5.41, 5.74) is 0.790. The molecule has 6 nitrogen and oxygen atoms in total. The fourth-order valence-electron chi connectivity index (χ4n) is 4.94. The fourth-order valence-corrected chi connectivity index (χ4v) is 4.94. The Morgan fingerprint density at radius 2 is 1.84 bits per heavy atom. The van der Waals surface area contributed by atoms with Gasteiger partial charge in [0.2, 0.25) is 0 Å². The van der Waals surface area contributed by atoms with Crippen LogP contribution in [-0.4, -0.2) is 36.2 Å². The Kier molecular flexibility index (Phi) is 4.25. The number of carbonyl (C=O) groups is 3. The molecule has 6 heteroatoms. The minimum absolute atomic E-state index is 0.161. The van der Waals surface area contributed by atoms with Crippen molar-refractivity contribution in [2.45, 2.75) is 58.3 Å². The van der Waals surface area contributed by atoms with Crippen molar-refractivity contribution in [3.63, 3.8) is 0 Å². The first-order valence-corrected chi connectivity index (χ1v) is 8.57. The van der Waals surface area contributed by atoms with Gasteiger partial charge in [0.25, 0.3) is 0 Å². The summed E-state index contributed by atoms with van der Waals surface area (Å²) in [7, 11) is 0. The molecule has 2 saturated carbocycles. The third-order valence-corrected chi connectivity index (χ3v) is 5.87. The molecule has 0 spiro atoms. The van der Waals surface area contributed by atoms with E-state index in [1.165, 1.54) is 13.8 Å². The number of carbonyl (C=O) groups excluding carboxylic acids is 3. The molecular formula is C19H24O6. The summed E-state index contributed by atoms with van der Waals surface area (Å²) >= 11 is 0. The van der Waals surface area contributed by atoms with Gasteiger partial charge in [0.1, 0.15) is 18.3 Å². The van der Waals surface area contributed by atoms with Crippen molar-refractivity contribution in [3.05, 3.63) is 24.3 Å². The molecule has 6 atom stereocenters. The Balaban J connectivity index is 2.03. The summed E-state index contributed by atoms with van der Waals surface area (Å²) in [5, 5.41) is 0. The maximum atomic E-state index is 12.1. The van der Waals surface area contributed by atoms with Crippen molar-refractivity contribution in [2.24, 2.45) is 17.3 Å². The van der Waals surface area contributed by atoms with Crippen LogP contribution < -0.4 is 0 Å². The SMILES string of the molecule is C=C1C(=O)O[C@H]2[C@H]1[C@@H](OC(C)=O)C[C@@]1(C)[C@H](OC(C)=O)CCC(=C)[C@@H]21. The molecule has 0 unspecified atom stereocenters. The lowest BCUT2D eigenvalue weighted by Gasteiger charge is -2.55. The van der Waals surface area contributed by atoms with E-state index >= 15 is 0 Å². The average Bonchev–Trinajstić information content (AvgIpc) is 2.76. The largest absolute Gasteiger partial charge is 0.462 e. The predicted molar refractivity (Wildman–Crippen MR) is 88.2 cm³/mol. The van der Waals surface area contributed by atoms with Crippen LogP contribution in [-0.2, 0) is 28.6 Å². The normalized spacial score (nSPS) is 40.0. The first-order chi connectivity index (χ1) is 11.6. The first-order valence-electron chi connectivity index (χ1n) is 8.57. The van der Waals surface area contributed by atoms with E-state index in [9.17, 15) is 14.4 Å². The van der Waals surface area contributed by atoms with Crippen LogP contribution in [0.4, 0.5) is 0 Å². The van der Waals surface area contributed by atoms with E-state index in [4.69, 9.17) is 14.2 Å². The van der Waals surface area contributed by atoms with Crippen molar-refractivity contribution in [1.29, 1.82) is 0 Å². The molecule has 3 fully saturated rings. The third-order valence-electron chi connectivity index (χ3n) is 5.87. The topological polar surface area (TPSA) is 78.9 Å². The number of fused-ring (bicyclic) bond motifs is 3. The molecule has 136 valence electrons. The lowest BCUT2D eigenvalue weighted by atomic mass is 9.53. The Hall–Kier alpha value is -2.11. The van der Waals surface area contributed by atoms with Crippen LogP contribution in [0.3, 0.4) is 0 Å². The summed E-state index contributed by atoms with van der Waals surface area (Å²) in [6, 6.07) is 0. The fraction of sp³-hybridized carbons (Fsp3) is 0.632. The molecule has 0 aromatic carbocycles. The molecular weight excluding hydrogens is 324 g/mol. The van der Waals surface area contributed by atoms with Crippen LogP contribution >= 0.6 is 0 Å². The predicted octanol–water partition coefficient (Wildman–Crippen LogP) is 2.32. The van der Waals surface area contributed by atoms with Crippen LogP contribution in [0.2, 0.25) is 0 Å². The summed E-state index contributed by atoms with van der Waals surface area (Å²) in [6.45, 7) is 12.8. The van der Waals surface area contributed by atoms with E-state index in [1.54, 1.807) is 0 Å². The van der Waals surface area contributed by atoms with Gasteiger partial charge in [-0.15, -0.1) is 0 Å². The Morgan fingerprint density at radius 3 is 2.44 bits per heavy atom. The minimum Gasteiger partial charge on any atom is -0.462 e. The smallest absolute Gasteiger partial charge is 0.334 e. The maximum Gasteiger partial charge on any atom is 0.334 e. The molecule has 0 N–H and O–H groups in total. The van der Waals surface area contributed by atoms with E-state index in [-0.39, 0.29) is 23.9 Å². The molecule has 1 heterocycles. The zero-order chi connectivity index (χ0) is 18.5. The highest BCUT2D eigenvalue weighted by Gasteiger charge is 2.63. The van der Waals surface area contributed by atoms with Gasteiger partial charge in [-0.25, -0.2) is 4.79 Å². The third kappa shape index (κ3) is 2.77. The van der Waals surface area contributed by atoms with Gasteiger partial charge >= 0.3 is 17.9 Å². The van der Waals surface area contributed by atoms with Gasteiger partial charge in [0, 0.05) is 30.8 Å². The Labute approximate surface area is 147 Å². The van der Waals surface area contributed by atoms with Gasteiger partial charge in [-0.3, -0.25) is 9.59 Å². The van der Waals surface area contributed by atoms with Crippen molar-refractivity contribution >= 4 is 17.9 Å². The van der Waals surface area contributed by atoms with E-state index in [2.05, 4.69) is 13.2 Å². The second-order valence-electron chi connectivity index (χ2n) is 7.55.